The van der Waals surface area contributed by atoms with Gasteiger partial charge in [-0.2, -0.15) is 0 Å². The first-order chi connectivity index (χ1) is 12.2. The lowest BCUT2D eigenvalue weighted by molar-refractivity contribution is 0.0923. The number of nitrogens with one attached hydrogen (secondary N) is 1. The van der Waals surface area contributed by atoms with Gasteiger partial charge in [-0.3, -0.25) is 4.79 Å². The van der Waals surface area contributed by atoms with Gasteiger partial charge in [0.1, 0.15) is 19.0 Å². The summed E-state index contributed by atoms with van der Waals surface area (Å²) >= 11 is 0. The van der Waals surface area contributed by atoms with Crippen molar-refractivity contribution in [2.75, 3.05) is 26.4 Å². The molecule has 0 aliphatic carbocycles. The molecule has 2 aliphatic heterocycles. The van der Waals surface area contributed by atoms with Crippen molar-refractivity contribution in [3.8, 4) is 11.5 Å². The Kier molecular flexibility index (Phi) is 4.31. The summed E-state index contributed by atoms with van der Waals surface area (Å²) in [6.45, 7) is 3.99. The number of aromatic nitrogens is 1. The third-order valence-electron chi connectivity index (χ3n) is 4.46. The lowest BCUT2D eigenvalue weighted by Gasteiger charge is -2.20. The van der Waals surface area contributed by atoms with Crippen LogP contribution in [0, 0.1) is 12.8 Å². The highest BCUT2D eigenvalue weighted by atomic mass is 16.6. The van der Waals surface area contributed by atoms with Crippen molar-refractivity contribution in [1.29, 1.82) is 0 Å². The number of ether oxygens (including phenoxy) is 3. The average Bonchev–Trinajstić information content (AvgIpc) is 3.24. The highest BCUT2D eigenvalue weighted by molar-refractivity contribution is 5.95. The van der Waals surface area contributed by atoms with E-state index in [1.807, 2.05) is 13.0 Å². The molecule has 0 spiro atoms. The summed E-state index contributed by atoms with van der Waals surface area (Å²) in [7, 11) is 0. The molecule has 1 aromatic heterocycles. The van der Waals surface area contributed by atoms with E-state index in [1.54, 1.807) is 18.2 Å². The van der Waals surface area contributed by atoms with E-state index in [0.29, 0.717) is 49.9 Å². The van der Waals surface area contributed by atoms with Crippen molar-refractivity contribution >= 4 is 5.91 Å². The Morgan fingerprint density at radius 3 is 2.84 bits per heavy atom. The Bertz CT molecular complexity index is 773. The molecule has 25 heavy (non-hydrogen) atoms. The Morgan fingerprint density at radius 1 is 1.20 bits per heavy atom. The molecule has 0 bridgehead atoms. The number of nitrogens with zero attached hydrogens (tertiary/aromatic N) is 1. The second-order valence-corrected chi connectivity index (χ2v) is 6.37. The molecule has 0 saturated carbocycles. The molecule has 0 unspecified atom stereocenters. The molecule has 2 aromatic rings. The van der Waals surface area contributed by atoms with Crippen molar-refractivity contribution in [2.45, 2.75) is 19.4 Å². The monoisotopic (exact) mass is 344 g/mol. The Labute approximate surface area is 145 Å². The number of hydrogen-bond donors (Lipinski definition) is 1. The van der Waals surface area contributed by atoms with Gasteiger partial charge in [0.25, 0.3) is 5.91 Å². The fraction of sp³-hybridized carbons (Fsp3) is 0.444. The van der Waals surface area contributed by atoms with Crippen LogP contribution in [-0.2, 0) is 11.2 Å². The van der Waals surface area contributed by atoms with Gasteiger partial charge in [-0.05, 0) is 25.1 Å². The van der Waals surface area contributed by atoms with Gasteiger partial charge in [0.05, 0.1) is 24.9 Å². The SMILES string of the molecule is Cc1cc(C[C@@H]2COC[C@@H]2NC(=O)c2ccc3c(c2)OCCO3)on1. The first-order valence-corrected chi connectivity index (χ1v) is 8.39. The van der Waals surface area contributed by atoms with Crippen LogP contribution in [0.1, 0.15) is 21.8 Å². The van der Waals surface area contributed by atoms with Crippen LogP contribution in [0.3, 0.4) is 0 Å². The number of rotatable bonds is 4. The number of hydrogen-bond acceptors (Lipinski definition) is 6. The molecule has 1 saturated heterocycles. The third-order valence-corrected chi connectivity index (χ3v) is 4.46. The zero-order chi connectivity index (χ0) is 17.2. The minimum Gasteiger partial charge on any atom is -0.486 e. The summed E-state index contributed by atoms with van der Waals surface area (Å²) in [5.41, 5.74) is 1.40. The standard InChI is InChI=1S/C18H20N2O5/c1-11-6-14(25-20-11)7-13-9-22-10-15(13)19-18(21)12-2-3-16-17(8-12)24-5-4-23-16/h2-3,6,8,13,15H,4-5,7,9-10H2,1H3,(H,19,21)/t13-,15+/m1/s1. The Hall–Kier alpha value is -2.54. The molecule has 1 fully saturated rings. The van der Waals surface area contributed by atoms with E-state index >= 15 is 0 Å². The van der Waals surface area contributed by atoms with Crippen LogP contribution < -0.4 is 14.8 Å². The quantitative estimate of drug-likeness (QED) is 0.910. The van der Waals surface area contributed by atoms with E-state index in [-0.39, 0.29) is 17.9 Å². The van der Waals surface area contributed by atoms with Gasteiger partial charge in [-0.1, -0.05) is 5.16 Å². The molecule has 7 nitrogen and oxygen atoms in total. The van der Waals surface area contributed by atoms with Gasteiger partial charge < -0.3 is 24.1 Å². The molecule has 1 amide bonds. The molecule has 1 N–H and O–H groups in total. The number of benzene rings is 1. The number of carbonyl (C=O) groups excluding carboxylic acids is 1. The number of fused-ring (bicyclic) bond motifs is 1. The molecule has 2 aliphatic rings. The van der Waals surface area contributed by atoms with Gasteiger partial charge in [0, 0.05) is 24.0 Å². The maximum atomic E-state index is 12.6. The molecule has 1 aromatic carbocycles. The van der Waals surface area contributed by atoms with Crippen molar-refractivity contribution in [3.63, 3.8) is 0 Å². The highest BCUT2D eigenvalue weighted by Gasteiger charge is 2.31. The average molecular weight is 344 g/mol. The predicted molar refractivity (Wildman–Crippen MR) is 87.9 cm³/mol. The van der Waals surface area contributed by atoms with Crippen LogP contribution in [0.15, 0.2) is 28.8 Å². The van der Waals surface area contributed by atoms with Gasteiger partial charge in [-0.15, -0.1) is 0 Å². The maximum absolute atomic E-state index is 12.6. The first kappa shape index (κ1) is 16.0. The zero-order valence-corrected chi connectivity index (χ0v) is 14.0. The molecule has 0 radical (unpaired) electrons. The fourth-order valence-electron chi connectivity index (χ4n) is 3.17. The lowest BCUT2D eigenvalue weighted by Crippen LogP contribution is -2.40. The van der Waals surface area contributed by atoms with Gasteiger partial charge in [0.15, 0.2) is 11.5 Å². The largest absolute Gasteiger partial charge is 0.486 e. The zero-order valence-electron chi connectivity index (χ0n) is 14.0. The minimum atomic E-state index is -0.147. The highest BCUT2D eigenvalue weighted by Crippen LogP contribution is 2.31. The van der Waals surface area contributed by atoms with Crippen molar-refractivity contribution in [3.05, 3.63) is 41.3 Å². The summed E-state index contributed by atoms with van der Waals surface area (Å²) in [5, 5.41) is 6.96. The van der Waals surface area contributed by atoms with Gasteiger partial charge >= 0.3 is 0 Å². The second-order valence-electron chi connectivity index (χ2n) is 6.37. The van der Waals surface area contributed by atoms with Crippen LogP contribution in [0.2, 0.25) is 0 Å². The summed E-state index contributed by atoms with van der Waals surface area (Å²) in [5.74, 6) is 2.10. The Balaban J connectivity index is 1.42. The molecule has 132 valence electrons. The number of aryl methyl sites for hydroxylation is 1. The molecule has 2 atom stereocenters. The van der Waals surface area contributed by atoms with Gasteiger partial charge in [0.2, 0.25) is 0 Å². The summed E-state index contributed by atoms with van der Waals surface area (Å²) in [6.07, 6.45) is 0.687. The van der Waals surface area contributed by atoms with E-state index in [0.717, 1.165) is 11.5 Å². The fourth-order valence-corrected chi connectivity index (χ4v) is 3.17. The molecular weight excluding hydrogens is 324 g/mol. The van der Waals surface area contributed by atoms with Crippen LogP contribution in [0.25, 0.3) is 0 Å². The third kappa shape index (κ3) is 3.46. The van der Waals surface area contributed by atoms with E-state index in [1.165, 1.54) is 0 Å². The molecular formula is C18H20N2O5. The topological polar surface area (TPSA) is 82.8 Å². The van der Waals surface area contributed by atoms with Crippen LogP contribution in [0.4, 0.5) is 0 Å². The van der Waals surface area contributed by atoms with Crippen molar-refractivity contribution in [2.24, 2.45) is 5.92 Å². The van der Waals surface area contributed by atoms with Crippen LogP contribution in [-0.4, -0.2) is 43.5 Å². The van der Waals surface area contributed by atoms with E-state index < -0.39 is 0 Å². The van der Waals surface area contributed by atoms with E-state index in [2.05, 4.69) is 10.5 Å². The van der Waals surface area contributed by atoms with Crippen molar-refractivity contribution in [1.82, 2.24) is 10.5 Å². The van der Waals surface area contributed by atoms with Crippen LogP contribution >= 0.6 is 0 Å². The summed E-state index contributed by atoms with van der Waals surface area (Å²) in [4.78, 5) is 12.6. The minimum absolute atomic E-state index is 0.0638. The smallest absolute Gasteiger partial charge is 0.251 e. The van der Waals surface area contributed by atoms with E-state index in [4.69, 9.17) is 18.7 Å². The summed E-state index contributed by atoms with van der Waals surface area (Å²) in [6, 6.07) is 7.08. The maximum Gasteiger partial charge on any atom is 0.251 e. The first-order valence-electron chi connectivity index (χ1n) is 8.39. The second kappa shape index (κ2) is 6.76. The van der Waals surface area contributed by atoms with E-state index in [9.17, 15) is 4.79 Å². The van der Waals surface area contributed by atoms with Crippen LogP contribution in [0.5, 0.6) is 11.5 Å². The number of carbonyl (C=O) groups is 1. The number of amides is 1. The lowest BCUT2D eigenvalue weighted by atomic mass is 9.97. The Morgan fingerprint density at radius 2 is 2.04 bits per heavy atom. The molecule has 4 rings (SSSR count). The van der Waals surface area contributed by atoms with Crippen molar-refractivity contribution < 1.29 is 23.5 Å². The normalized spacial score (nSPS) is 22.0. The molecule has 3 heterocycles. The predicted octanol–water partition coefficient (Wildman–Crippen LogP) is 1.74. The van der Waals surface area contributed by atoms with Gasteiger partial charge in [-0.25, -0.2) is 0 Å². The molecule has 7 heteroatoms. The summed E-state index contributed by atoms with van der Waals surface area (Å²) < 4.78 is 21.9.